The summed E-state index contributed by atoms with van der Waals surface area (Å²) in [5.74, 6) is -0.175. The second-order valence-electron chi connectivity index (χ2n) is 7.81. The van der Waals surface area contributed by atoms with Gasteiger partial charge in [0.25, 0.3) is 5.91 Å². The van der Waals surface area contributed by atoms with Crippen LogP contribution in [0.1, 0.15) is 48.4 Å². The van der Waals surface area contributed by atoms with Crippen molar-refractivity contribution in [1.82, 2.24) is 4.90 Å². The van der Waals surface area contributed by atoms with Crippen LogP contribution in [0.5, 0.6) is 0 Å². The SMILES string of the molecule is O=C1N=NC(c2ccc(NC(=O)N3Cc4ccccc4C3)cc2)C2=C1CCCC2. The maximum atomic E-state index is 12.6. The molecule has 5 rings (SSSR count). The molecule has 0 spiro atoms. The first kappa shape index (κ1) is 17.8. The number of hydrogen-bond donors (Lipinski definition) is 1. The molecule has 2 heterocycles. The molecule has 29 heavy (non-hydrogen) atoms. The first-order chi connectivity index (χ1) is 14.2. The van der Waals surface area contributed by atoms with E-state index in [1.807, 2.05) is 36.4 Å². The maximum absolute atomic E-state index is 12.6. The topological polar surface area (TPSA) is 74.1 Å². The molecular formula is C23H22N4O2. The Balaban J connectivity index is 1.29. The van der Waals surface area contributed by atoms with Crippen molar-refractivity contribution in [3.63, 3.8) is 0 Å². The first-order valence-electron chi connectivity index (χ1n) is 10.1. The Labute approximate surface area is 169 Å². The van der Waals surface area contributed by atoms with Gasteiger partial charge in [-0.2, -0.15) is 5.11 Å². The Kier molecular flexibility index (Phi) is 4.46. The van der Waals surface area contributed by atoms with Crippen molar-refractivity contribution in [2.75, 3.05) is 5.32 Å². The van der Waals surface area contributed by atoms with Crippen LogP contribution in [-0.4, -0.2) is 16.8 Å². The fourth-order valence-electron chi connectivity index (χ4n) is 4.41. The third-order valence-corrected chi connectivity index (χ3v) is 5.97. The molecule has 0 bridgehead atoms. The number of carbonyl (C=O) groups excluding carboxylic acids is 2. The number of nitrogens with one attached hydrogen (secondary N) is 1. The Morgan fingerprint density at radius 1 is 0.966 bits per heavy atom. The molecule has 1 unspecified atom stereocenters. The molecule has 0 radical (unpaired) electrons. The van der Waals surface area contributed by atoms with Crippen molar-refractivity contribution in [2.24, 2.45) is 10.2 Å². The maximum Gasteiger partial charge on any atom is 0.322 e. The quantitative estimate of drug-likeness (QED) is 0.776. The van der Waals surface area contributed by atoms with Crippen LogP contribution in [0.3, 0.4) is 0 Å². The van der Waals surface area contributed by atoms with E-state index < -0.39 is 0 Å². The number of hydrogen-bond acceptors (Lipinski definition) is 3. The third kappa shape index (κ3) is 3.35. The van der Waals surface area contributed by atoms with E-state index >= 15 is 0 Å². The fraction of sp³-hybridized carbons (Fsp3) is 0.304. The van der Waals surface area contributed by atoms with Gasteiger partial charge in [0.05, 0.1) is 0 Å². The number of urea groups is 1. The largest absolute Gasteiger partial charge is 0.322 e. The Bertz CT molecular complexity index is 1010. The van der Waals surface area contributed by atoms with Crippen LogP contribution < -0.4 is 5.32 Å². The van der Waals surface area contributed by atoms with Crippen molar-refractivity contribution in [3.05, 3.63) is 76.4 Å². The summed E-state index contributed by atoms with van der Waals surface area (Å²) in [6.07, 6.45) is 3.83. The van der Waals surface area contributed by atoms with E-state index in [4.69, 9.17) is 0 Å². The van der Waals surface area contributed by atoms with Crippen LogP contribution in [0.25, 0.3) is 0 Å². The summed E-state index contributed by atoms with van der Waals surface area (Å²) in [4.78, 5) is 26.5. The number of rotatable bonds is 2. The van der Waals surface area contributed by atoms with Gasteiger partial charge in [-0.25, -0.2) is 4.79 Å². The van der Waals surface area contributed by atoms with Crippen molar-refractivity contribution >= 4 is 17.6 Å². The lowest BCUT2D eigenvalue weighted by atomic mass is 9.84. The smallest absolute Gasteiger partial charge is 0.316 e. The Hall–Kier alpha value is -3.28. The van der Waals surface area contributed by atoms with Gasteiger partial charge in [0.15, 0.2) is 0 Å². The minimum atomic E-state index is -0.180. The van der Waals surface area contributed by atoms with Gasteiger partial charge >= 0.3 is 6.03 Å². The summed E-state index contributed by atoms with van der Waals surface area (Å²) in [6, 6.07) is 15.6. The van der Waals surface area contributed by atoms with Crippen LogP contribution >= 0.6 is 0 Å². The van der Waals surface area contributed by atoms with Gasteiger partial charge in [-0.1, -0.05) is 36.4 Å². The van der Waals surface area contributed by atoms with E-state index in [2.05, 4.69) is 27.7 Å². The van der Waals surface area contributed by atoms with Crippen molar-refractivity contribution < 1.29 is 9.59 Å². The normalized spacial score (nSPS) is 20.5. The summed E-state index contributed by atoms with van der Waals surface area (Å²) in [5, 5.41) is 11.1. The van der Waals surface area contributed by atoms with Crippen LogP contribution in [0.15, 0.2) is 69.9 Å². The van der Waals surface area contributed by atoms with E-state index in [1.54, 1.807) is 4.90 Å². The third-order valence-electron chi connectivity index (χ3n) is 5.97. The number of fused-ring (bicyclic) bond motifs is 1. The lowest BCUT2D eigenvalue weighted by molar-refractivity contribution is -0.115. The standard InChI is InChI=1S/C23H22N4O2/c28-22-20-8-4-3-7-19(20)21(25-26-22)15-9-11-18(12-10-15)24-23(29)27-13-16-5-1-2-6-17(16)14-27/h1-2,5-6,9-12,21H,3-4,7-8,13-14H2,(H,24,29). The molecule has 2 aromatic carbocycles. The molecule has 1 N–H and O–H groups in total. The minimum absolute atomic E-state index is 0.103. The highest BCUT2D eigenvalue weighted by Crippen LogP contribution is 2.40. The molecule has 0 aromatic heterocycles. The lowest BCUT2D eigenvalue weighted by Gasteiger charge is -2.26. The first-order valence-corrected chi connectivity index (χ1v) is 10.1. The Morgan fingerprint density at radius 3 is 2.38 bits per heavy atom. The zero-order chi connectivity index (χ0) is 19.8. The van der Waals surface area contributed by atoms with Crippen molar-refractivity contribution in [1.29, 1.82) is 0 Å². The van der Waals surface area contributed by atoms with Crippen LogP contribution in [0.2, 0.25) is 0 Å². The van der Waals surface area contributed by atoms with Gasteiger partial charge in [0.2, 0.25) is 0 Å². The molecule has 146 valence electrons. The van der Waals surface area contributed by atoms with E-state index in [9.17, 15) is 9.59 Å². The number of amides is 3. The summed E-state index contributed by atoms with van der Waals surface area (Å²) in [5.41, 5.74) is 6.11. The van der Waals surface area contributed by atoms with Gasteiger partial charge in [0, 0.05) is 24.4 Å². The lowest BCUT2D eigenvalue weighted by Crippen LogP contribution is -2.30. The highest BCUT2D eigenvalue weighted by atomic mass is 16.2. The fourth-order valence-corrected chi connectivity index (χ4v) is 4.41. The average molecular weight is 386 g/mol. The number of nitrogens with zero attached hydrogens (tertiary/aromatic N) is 3. The molecule has 6 nitrogen and oxygen atoms in total. The minimum Gasteiger partial charge on any atom is -0.316 e. The molecule has 0 saturated heterocycles. The highest BCUT2D eigenvalue weighted by molar-refractivity contribution is 5.95. The molecule has 6 heteroatoms. The zero-order valence-electron chi connectivity index (χ0n) is 16.1. The number of anilines is 1. The van der Waals surface area contributed by atoms with Crippen molar-refractivity contribution in [2.45, 2.75) is 44.8 Å². The molecule has 1 atom stereocenters. The zero-order valence-corrected chi connectivity index (χ0v) is 16.1. The molecule has 3 amide bonds. The van der Waals surface area contributed by atoms with Gasteiger partial charge in [-0.15, -0.1) is 5.11 Å². The summed E-state index contributed by atoms with van der Waals surface area (Å²) in [6.45, 7) is 1.26. The van der Waals surface area contributed by atoms with Crippen LogP contribution in [-0.2, 0) is 17.9 Å². The van der Waals surface area contributed by atoms with Crippen LogP contribution in [0, 0.1) is 0 Å². The molecule has 1 aliphatic carbocycles. The molecule has 2 aromatic rings. The molecule has 0 saturated carbocycles. The monoisotopic (exact) mass is 386 g/mol. The highest BCUT2D eigenvalue weighted by Gasteiger charge is 2.30. The van der Waals surface area contributed by atoms with E-state index in [0.29, 0.717) is 13.1 Å². The van der Waals surface area contributed by atoms with E-state index in [1.165, 1.54) is 11.1 Å². The van der Waals surface area contributed by atoms with Gasteiger partial charge in [0.1, 0.15) is 6.04 Å². The number of azo groups is 1. The molecule has 2 aliphatic heterocycles. The van der Waals surface area contributed by atoms with E-state index in [-0.39, 0.29) is 18.0 Å². The summed E-state index contributed by atoms with van der Waals surface area (Å²) < 4.78 is 0. The predicted molar refractivity (Wildman–Crippen MR) is 109 cm³/mol. The van der Waals surface area contributed by atoms with E-state index in [0.717, 1.165) is 48.1 Å². The van der Waals surface area contributed by atoms with Gasteiger partial charge < -0.3 is 10.2 Å². The second-order valence-corrected chi connectivity index (χ2v) is 7.81. The summed E-state index contributed by atoms with van der Waals surface area (Å²) in [7, 11) is 0. The van der Waals surface area contributed by atoms with Crippen LogP contribution in [0.4, 0.5) is 10.5 Å². The van der Waals surface area contributed by atoms with Crippen molar-refractivity contribution in [3.8, 4) is 0 Å². The Morgan fingerprint density at radius 2 is 1.66 bits per heavy atom. The number of benzene rings is 2. The summed E-state index contributed by atoms with van der Waals surface area (Å²) >= 11 is 0. The number of carbonyl (C=O) groups is 2. The predicted octanol–water partition coefficient (Wildman–Crippen LogP) is 5.14. The van der Waals surface area contributed by atoms with Gasteiger partial charge in [-0.05, 0) is 60.1 Å². The van der Waals surface area contributed by atoms with Gasteiger partial charge in [-0.3, -0.25) is 4.79 Å². The second kappa shape index (κ2) is 7.28. The molecule has 3 aliphatic rings. The molecule has 0 fully saturated rings. The molecular weight excluding hydrogens is 364 g/mol. The average Bonchev–Trinajstić information content (AvgIpc) is 3.20.